The topological polar surface area (TPSA) is 63.9 Å². The van der Waals surface area contributed by atoms with Crippen molar-refractivity contribution in [1.82, 2.24) is 24.6 Å². The fourth-order valence-electron chi connectivity index (χ4n) is 4.22. The molecule has 33 heavy (non-hydrogen) atoms. The summed E-state index contributed by atoms with van der Waals surface area (Å²) in [5, 5.41) is 12.3. The lowest BCUT2D eigenvalue weighted by Crippen LogP contribution is -2.40. The molecular weight excluding hydrogens is 474 g/mol. The number of aromatic nitrogens is 4. The Morgan fingerprint density at radius 1 is 1.15 bits per heavy atom. The maximum Gasteiger partial charge on any atom is 0.233 e. The van der Waals surface area contributed by atoms with Crippen molar-refractivity contribution < 1.29 is 4.79 Å². The van der Waals surface area contributed by atoms with E-state index in [-0.39, 0.29) is 11.9 Å². The summed E-state index contributed by atoms with van der Waals surface area (Å²) < 4.78 is 1.97. The van der Waals surface area contributed by atoms with Gasteiger partial charge >= 0.3 is 0 Å². The van der Waals surface area contributed by atoms with Crippen LogP contribution in [0, 0.1) is 0 Å². The zero-order valence-electron chi connectivity index (χ0n) is 18.0. The van der Waals surface area contributed by atoms with Crippen LogP contribution in [-0.2, 0) is 11.2 Å². The summed E-state index contributed by atoms with van der Waals surface area (Å²) in [6, 6.07) is 13.6. The summed E-state index contributed by atoms with van der Waals surface area (Å²) in [5.74, 6) is 1.12. The number of benzene rings is 1. The van der Waals surface area contributed by atoms with Gasteiger partial charge in [-0.3, -0.25) is 14.3 Å². The van der Waals surface area contributed by atoms with E-state index < -0.39 is 0 Å². The quantitative estimate of drug-likeness (QED) is 0.322. The van der Waals surface area contributed by atoms with Crippen molar-refractivity contribution in [1.29, 1.82) is 0 Å². The standard InChI is InChI=1S/C24H22ClN5OS2/c1-2-20-19-10-14-32-21(19)9-13-29(20)22(31)15-33-24-28-27-23(16-7-11-26-12-8-16)30(24)18-5-3-17(25)4-6-18/h3-8,10-12,14,20H,2,9,13,15H2,1H3. The molecule has 168 valence electrons. The number of amides is 1. The van der Waals surface area contributed by atoms with Crippen LogP contribution in [0.25, 0.3) is 17.1 Å². The van der Waals surface area contributed by atoms with Crippen molar-refractivity contribution in [2.24, 2.45) is 0 Å². The summed E-state index contributed by atoms with van der Waals surface area (Å²) in [4.78, 5) is 20.8. The van der Waals surface area contributed by atoms with E-state index in [4.69, 9.17) is 11.6 Å². The summed E-state index contributed by atoms with van der Waals surface area (Å²) >= 11 is 9.31. The van der Waals surface area contributed by atoms with Gasteiger partial charge in [0.2, 0.25) is 5.91 Å². The van der Waals surface area contributed by atoms with Crippen LogP contribution in [0.5, 0.6) is 0 Å². The minimum Gasteiger partial charge on any atom is -0.335 e. The first-order valence-electron chi connectivity index (χ1n) is 10.8. The number of thiophene rings is 1. The molecule has 0 saturated carbocycles. The van der Waals surface area contributed by atoms with E-state index in [1.165, 1.54) is 22.2 Å². The van der Waals surface area contributed by atoms with Crippen molar-refractivity contribution in [3.8, 4) is 17.1 Å². The summed E-state index contributed by atoms with van der Waals surface area (Å²) in [5.41, 5.74) is 3.09. The molecule has 1 aliphatic rings. The molecule has 1 atom stereocenters. The largest absolute Gasteiger partial charge is 0.335 e. The molecule has 0 saturated heterocycles. The molecule has 3 aromatic heterocycles. The molecule has 1 aliphatic heterocycles. The molecule has 0 fully saturated rings. The van der Waals surface area contributed by atoms with Gasteiger partial charge in [0, 0.05) is 40.1 Å². The maximum absolute atomic E-state index is 13.3. The average molecular weight is 496 g/mol. The number of rotatable bonds is 6. The smallest absolute Gasteiger partial charge is 0.233 e. The van der Waals surface area contributed by atoms with Gasteiger partial charge in [-0.25, -0.2) is 0 Å². The van der Waals surface area contributed by atoms with Crippen molar-refractivity contribution in [2.75, 3.05) is 12.3 Å². The molecule has 4 heterocycles. The Morgan fingerprint density at radius 3 is 2.70 bits per heavy atom. The number of carbonyl (C=O) groups is 1. The Labute approximate surface area is 205 Å². The zero-order valence-corrected chi connectivity index (χ0v) is 20.4. The van der Waals surface area contributed by atoms with Gasteiger partial charge in [0.25, 0.3) is 0 Å². The Bertz CT molecular complexity index is 1260. The van der Waals surface area contributed by atoms with Gasteiger partial charge in [-0.05, 0) is 66.2 Å². The molecule has 9 heteroatoms. The fraction of sp³-hybridized carbons (Fsp3) is 0.250. The predicted octanol–water partition coefficient (Wildman–Crippen LogP) is 5.67. The van der Waals surface area contributed by atoms with Crippen LogP contribution >= 0.6 is 34.7 Å². The lowest BCUT2D eigenvalue weighted by Gasteiger charge is -2.35. The SMILES string of the molecule is CCC1c2ccsc2CCN1C(=O)CSc1nnc(-c2ccncc2)n1-c1ccc(Cl)cc1. The second kappa shape index (κ2) is 9.67. The van der Waals surface area contributed by atoms with Gasteiger partial charge in [0.05, 0.1) is 11.8 Å². The second-order valence-corrected chi connectivity index (χ2v) is 10.1. The Balaban J connectivity index is 1.41. The number of hydrogen-bond acceptors (Lipinski definition) is 6. The van der Waals surface area contributed by atoms with Crippen LogP contribution in [0.2, 0.25) is 5.02 Å². The van der Waals surface area contributed by atoms with Gasteiger partial charge in [-0.15, -0.1) is 21.5 Å². The first kappa shape index (κ1) is 22.1. The zero-order chi connectivity index (χ0) is 22.8. The third-order valence-electron chi connectivity index (χ3n) is 5.78. The van der Waals surface area contributed by atoms with E-state index in [1.807, 2.05) is 45.9 Å². The van der Waals surface area contributed by atoms with Crippen LogP contribution in [0.15, 0.2) is 65.4 Å². The number of fused-ring (bicyclic) bond motifs is 1. The van der Waals surface area contributed by atoms with Crippen LogP contribution in [0.1, 0.15) is 29.8 Å². The summed E-state index contributed by atoms with van der Waals surface area (Å²) in [6.45, 7) is 2.90. The third-order valence-corrected chi connectivity index (χ3v) is 7.95. The highest BCUT2D eigenvalue weighted by molar-refractivity contribution is 7.99. The first-order chi connectivity index (χ1) is 16.2. The highest BCUT2D eigenvalue weighted by Crippen LogP contribution is 2.36. The maximum atomic E-state index is 13.3. The number of halogens is 1. The number of pyridine rings is 1. The molecule has 4 aromatic rings. The lowest BCUT2D eigenvalue weighted by molar-refractivity contribution is -0.131. The Kier molecular flexibility index (Phi) is 6.48. The Morgan fingerprint density at radius 2 is 1.94 bits per heavy atom. The van der Waals surface area contributed by atoms with Crippen LogP contribution in [0.4, 0.5) is 0 Å². The molecule has 0 aliphatic carbocycles. The molecular formula is C24H22ClN5OS2. The number of nitrogens with zero attached hydrogens (tertiary/aromatic N) is 5. The van der Waals surface area contributed by atoms with E-state index >= 15 is 0 Å². The number of carbonyl (C=O) groups excluding carboxylic acids is 1. The highest BCUT2D eigenvalue weighted by atomic mass is 35.5. The van der Waals surface area contributed by atoms with Crippen LogP contribution in [-0.4, -0.2) is 42.9 Å². The van der Waals surface area contributed by atoms with Crippen LogP contribution < -0.4 is 0 Å². The monoisotopic (exact) mass is 495 g/mol. The molecule has 0 radical (unpaired) electrons. The minimum atomic E-state index is 0.125. The average Bonchev–Trinajstić information content (AvgIpc) is 3.50. The summed E-state index contributed by atoms with van der Waals surface area (Å²) in [7, 11) is 0. The van der Waals surface area contributed by atoms with E-state index in [9.17, 15) is 4.79 Å². The van der Waals surface area contributed by atoms with Crippen molar-refractivity contribution in [2.45, 2.75) is 31.0 Å². The molecule has 6 nitrogen and oxygen atoms in total. The van der Waals surface area contributed by atoms with E-state index in [0.717, 1.165) is 30.6 Å². The Hall–Kier alpha value is -2.68. The molecule has 0 bridgehead atoms. The first-order valence-corrected chi connectivity index (χ1v) is 13.0. The van der Waals surface area contributed by atoms with Crippen molar-refractivity contribution in [3.63, 3.8) is 0 Å². The van der Waals surface area contributed by atoms with Gasteiger partial charge < -0.3 is 4.90 Å². The lowest BCUT2D eigenvalue weighted by atomic mass is 9.98. The molecule has 1 amide bonds. The second-order valence-electron chi connectivity index (χ2n) is 7.70. The van der Waals surface area contributed by atoms with Gasteiger partial charge in [0.15, 0.2) is 11.0 Å². The minimum absolute atomic E-state index is 0.125. The summed E-state index contributed by atoms with van der Waals surface area (Å²) in [6.07, 6.45) is 5.29. The van der Waals surface area contributed by atoms with E-state index in [0.29, 0.717) is 21.8 Å². The normalized spacial score (nSPS) is 15.5. The molecule has 1 unspecified atom stereocenters. The van der Waals surface area contributed by atoms with Gasteiger partial charge in [-0.1, -0.05) is 30.3 Å². The highest BCUT2D eigenvalue weighted by Gasteiger charge is 2.30. The van der Waals surface area contributed by atoms with Crippen LogP contribution in [0.3, 0.4) is 0 Å². The van der Waals surface area contributed by atoms with E-state index in [2.05, 4.69) is 33.6 Å². The number of thioether (sulfide) groups is 1. The fourth-order valence-corrected chi connectivity index (χ4v) is 6.11. The predicted molar refractivity (Wildman–Crippen MR) is 133 cm³/mol. The molecule has 5 rings (SSSR count). The molecule has 0 N–H and O–H groups in total. The molecule has 0 spiro atoms. The number of hydrogen-bond donors (Lipinski definition) is 0. The van der Waals surface area contributed by atoms with Gasteiger partial charge in [0.1, 0.15) is 0 Å². The van der Waals surface area contributed by atoms with Crippen molar-refractivity contribution >= 4 is 40.6 Å². The molecule has 1 aromatic carbocycles. The van der Waals surface area contributed by atoms with Gasteiger partial charge in [-0.2, -0.15) is 0 Å². The van der Waals surface area contributed by atoms with Crippen molar-refractivity contribution in [3.05, 3.63) is 75.7 Å². The third kappa shape index (κ3) is 4.43. The van der Waals surface area contributed by atoms with E-state index in [1.54, 1.807) is 23.7 Å².